The van der Waals surface area contributed by atoms with E-state index in [-0.39, 0.29) is 11.9 Å². The zero-order valence-corrected chi connectivity index (χ0v) is 18.1. The van der Waals surface area contributed by atoms with Crippen LogP contribution in [0.4, 0.5) is 0 Å². The topological polar surface area (TPSA) is 67.4 Å². The third-order valence-corrected chi connectivity index (χ3v) is 5.91. The van der Waals surface area contributed by atoms with Crippen LogP contribution in [0.2, 0.25) is 0 Å². The Hall–Kier alpha value is -3.19. The molecule has 1 aromatic carbocycles. The van der Waals surface area contributed by atoms with Crippen molar-refractivity contribution in [3.05, 3.63) is 78.4 Å². The van der Waals surface area contributed by atoms with Crippen LogP contribution in [-0.2, 0) is 11.3 Å². The van der Waals surface area contributed by atoms with Crippen LogP contribution >= 0.6 is 0 Å². The number of amides is 1. The molecule has 1 aliphatic rings. The van der Waals surface area contributed by atoms with Crippen LogP contribution < -0.4 is 0 Å². The minimum Gasteiger partial charge on any atom is -0.467 e. The molecule has 1 atom stereocenters. The Morgan fingerprint density at radius 3 is 2.71 bits per heavy atom. The molecule has 2 aromatic heterocycles. The fourth-order valence-electron chi connectivity index (χ4n) is 3.91. The van der Waals surface area contributed by atoms with E-state index in [0.29, 0.717) is 13.1 Å². The van der Waals surface area contributed by atoms with Gasteiger partial charge in [-0.25, -0.2) is 9.67 Å². The monoisotopic (exact) mass is 419 g/mol. The maximum Gasteiger partial charge on any atom is 0.241 e. The molecule has 7 nitrogen and oxygen atoms in total. The molecule has 162 valence electrons. The molecule has 0 saturated heterocycles. The van der Waals surface area contributed by atoms with E-state index >= 15 is 0 Å². The van der Waals surface area contributed by atoms with Gasteiger partial charge in [0, 0.05) is 11.7 Å². The van der Waals surface area contributed by atoms with Crippen LogP contribution in [0.15, 0.2) is 71.5 Å². The minimum absolute atomic E-state index is 0.0955. The van der Waals surface area contributed by atoms with Gasteiger partial charge in [0.05, 0.1) is 25.0 Å². The number of carbonyl (C=O) groups is 1. The normalized spacial score (nSPS) is 15.0. The fourth-order valence-corrected chi connectivity index (χ4v) is 3.91. The van der Waals surface area contributed by atoms with Crippen molar-refractivity contribution in [3.8, 4) is 5.69 Å². The molecule has 7 heteroatoms. The van der Waals surface area contributed by atoms with Crippen molar-refractivity contribution in [2.24, 2.45) is 0 Å². The number of hydrogen-bond acceptors (Lipinski definition) is 5. The summed E-state index contributed by atoms with van der Waals surface area (Å²) in [5.74, 6) is 0.900. The van der Waals surface area contributed by atoms with Crippen molar-refractivity contribution in [2.75, 3.05) is 13.6 Å². The number of rotatable bonds is 8. The Labute approximate surface area is 183 Å². The lowest BCUT2D eigenvalue weighted by atomic mass is 10.0. The van der Waals surface area contributed by atoms with Crippen LogP contribution in [0, 0.1) is 0 Å². The van der Waals surface area contributed by atoms with Crippen LogP contribution in [0.1, 0.15) is 50.0 Å². The van der Waals surface area contributed by atoms with Gasteiger partial charge in [0.25, 0.3) is 0 Å². The lowest BCUT2D eigenvalue weighted by Gasteiger charge is -2.31. The molecule has 0 saturated carbocycles. The Morgan fingerprint density at radius 1 is 1.23 bits per heavy atom. The van der Waals surface area contributed by atoms with E-state index in [1.807, 2.05) is 36.2 Å². The summed E-state index contributed by atoms with van der Waals surface area (Å²) >= 11 is 0. The second-order valence-corrected chi connectivity index (χ2v) is 8.02. The Kier molecular flexibility index (Phi) is 6.62. The van der Waals surface area contributed by atoms with Gasteiger partial charge < -0.3 is 9.32 Å². The van der Waals surface area contributed by atoms with E-state index < -0.39 is 0 Å². The SMILES string of the molecule is CC(c1ccc(-n2cncn2)cc1)N(C)CC(=O)N(Cc1ccco1)C1=CCCCC1. The second-order valence-electron chi connectivity index (χ2n) is 8.02. The second kappa shape index (κ2) is 9.75. The highest BCUT2D eigenvalue weighted by Crippen LogP contribution is 2.25. The molecule has 3 aromatic rings. The fraction of sp³-hybridized carbons (Fsp3) is 0.375. The first-order chi connectivity index (χ1) is 15.1. The first-order valence-electron chi connectivity index (χ1n) is 10.8. The molecule has 0 radical (unpaired) electrons. The van der Waals surface area contributed by atoms with Gasteiger partial charge in [-0.05, 0) is 69.5 Å². The molecule has 0 bridgehead atoms. The van der Waals surface area contributed by atoms with E-state index in [0.717, 1.165) is 42.0 Å². The number of nitrogens with zero attached hydrogens (tertiary/aromatic N) is 5. The highest BCUT2D eigenvalue weighted by molar-refractivity contribution is 5.80. The summed E-state index contributed by atoms with van der Waals surface area (Å²) in [6.45, 7) is 2.94. The van der Waals surface area contributed by atoms with Crippen LogP contribution in [0.3, 0.4) is 0 Å². The largest absolute Gasteiger partial charge is 0.467 e. The predicted octanol–water partition coefficient (Wildman–Crippen LogP) is 4.34. The lowest BCUT2D eigenvalue weighted by Crippen LogP contribution is -2.39. The number of aromatic nitrogens is 3. The van der Waals surface area contributed by atoms with Crippen molar-refractivity contribution in [1.29, 1.82) is 0 Å². The molecule has 31 heavy (non-hydrogen) atoms. The molecule has 1 amide bonds. The van der Waals surface area contributed by atoms with Gasteiger partial charge in [-0.2, -0.15) is 5.10 Å². The third-order valence-electron chi connectivity index (χ3n) is 5.91. The number of furan rings is 1. The number of allylic oxidation sites excluding steroid dienone is 2. The van der Waals surface area contributed by atoms with Crippen molar-refractivity contribution in [3.63, 3.8) is 0 Å². The summed E-state index contributed by atoms with van der Waals surface area (Å²) in [4.78, 5) is 21.3. The summed E-state index contributed by atoms with van der Waals surface area (Å²) < 4.78 is 7.25. The summed E-state index contributed by atoms with van der Waals surface area (Å²) in [5, 5.41) is 4.16. The Bertz CT molecular complexity index is 993. The van der Waals surface area contributed by atoms with Crippen molar-refractivity contribution in [1.82, 2.24) is 24.6 Å². The third kappa shape index (κ3) is 5.11. The number of likely N-dealkylation sites (N-methyl/N-ethyl adjacent to an activating group) is 1. The van der Waals surface area contributed by atoms with E-state index in [1.54, 1.807) is 17.3 Å². The van der Waals surface area contributed by atoms with Crippen molar-refractivity contribution < 1.29 is 9.21 Å². The molecule has 2 heterocycles. The summed E-state index contributed by atoms with van der Waals surface area (Å²) in [7, 11) is 1.99. The van der Waals surface area contributed by atoms with Gasteiger partial charge in [0.2, 0.25) is 5.91 Å². The first-order valence-corrected chi connectivity index (χ1v) is 10.8. The van der Waals surface area contributed by atoms with E-state index in [1.165, 1.54) is 12.7 Å². The van der Waals surface area contributed by atoms with Crippen LogP contribution in [0.25, 0.3) is 5.69 Å². The molecule has 4 rings (SSSR count). The maximum atomic E-state index is 13.3. The molecule has 0 fully saturated rings. The molecular formula is C24H29N5O2. The standard InChI is InChI=1S/C24H29N5O2/c1-19(20-10-12-22(13-11-20)29-18-25-17-26-29)27(2)16-24(30)28(15-23-9-6-14-31-23)21-7-4-3-5-8-21/h6-7,9-14,17-19H,3-5,8,15-16H2,1-2H3. The smallest absolute Gasteiger partial charge is 0.241 e. The minimum atomic E-state index is 0.0955. The number of hydrogen-bond donors (Lipinski definition) is 0. The van der Waals surface area contributed by atoms with E-state index in [2.05, 4.69) is 40.1 Å². The zero-order valence-electron chi connectivity index (χ0n) is 18.1. The molecular weight excluding hydrogens is 390 g/mol. The quantitative estimate of drug-likeness (QED) is 0.543. The average Bonchev–Trinajstić information content (AvgIpc) is 3.52. The van der Waals surface area contributed by atoms with Crippen LogP contribution in [-0.4, -0.2) is 44.1 Å². The van der Waals surface area contributed by atoms with Gasteiger partial charge in [0.15, 0.2) is 0 Å². The maximum absolute atomic E-state index is 13.3. The van der Waals surface area contributed by atoms with E-state index in [9.17, 15) is 4.79 Å². The van der Waals surface area contributed by atoms with Crippen molar-refractivity contribution >= 4 is 5.91 Å². The number of benzene rings is 1. The van der Waals surface area contributed by atoms with E-state index in [4.69, 9.17) is 4.42 Å². The number of carbonyl (C=O) groups excluding carboxylic acids is 1. The molecule has 1 unspecified atom stereocenters. The van der Waals surface area contributed by atoms with Gasteiger partial charge in [-0.1, -0.05) is 18.2 Å². The zero-order chi connectivity index (χ0) is 21.6. The molecule has 1 aliphatic carbocycles. The summed E-state index contributed by atoms with van der Waals surface area (Å²) in [5.41, 5.74) is 3.22. The van der Waals surface area contributed by atoms with Gasteiger partial charge in [0.1, 0.15) is 18.4 Å². The lowest BCUT2D eigenvalue weighted by molar-refractivity contribution is -0.131. The summed E-state index contributed by atoms with van der Waals surface area (Å²) in [6, 6.07) is 12.1. The highest BCUT2D eigenvalue weighted by atomic mass is 16.3. The van der Waals surface area contributed by atoms with Crippen LogP contribution in [0.5, 0.6) is 0 Å². The Balaban J connectivity index is 1.44. The average molecular weight is 420 g/mol. The Morgan fingerprint density at radius 2 is 2.06 bits per heavy atom. The highest BCUT2D eigenvalue weighted by Gasteiger charge is 2.24. The molecule has 0 aliphatic heterocycles. The summed E-state index contributed by atoms with van der Waals surface area (Å²) in [6.07, 6.45) is 11.3. The van der Waals surface area contributed by atoms with Gasteiger partial charge in [-0.3, -0.25) is 9.69 Å². The predicted molar refractivity (Wildman–Crippen MR) is 118 cm³/mol. The first kappa shape index (κ1) is 21.1. The molecule has 0 spiro atoms. The van der Waals surface area contributed by atoms with Gasteiger partial charge in [-0.15, -0.1) is 0 Å². The van der Waals surface area contributed by atoms with Crippen molar-refractivity contribution in [2.45, 2.75) is 45.2 Å². The van der Waals surface area contributed by atoms with Gasteiger partial charge >= 0.3 is 0 Å². The molecule has 0 N–H and O–H groups in total.